The highest BCUT2D eigenvalue weighted by atomic mass is 16.6. The van der Waals surface area contributed by atoms with Crippen LogP contribution in [0.2, 0.25) is 0 Å². The Bertz CT molecular complexity index is 366. The molecule has 2 saturated heterocycles. The number of hydrogen-bond donors (Lipinski definition) is 1. The zero-order valence-corrected chi connectivity index (χ0v) is 12.4. The van der Waals surface area contributed by atoms with E-state index in [9.17, 15) is 9.59 Å². The normalized spacial score (nSPS) is 31.6. The van der Waals surface area contributed by atoms with Crippen molar-refractivity contribution < 1.29 is 19.1 Å². The van der Waals surface area contributed by atoms with E-state index in [4.69, 9.17) is 9.47 Å². The number of rotatable bonds is 4. The van der Waals surface area contributed by atoms with Gasteiger partial charge in [0.25, 0.3) is 0 Å². The molecule has 0 aliphatic carbocycles. The minimum Gasteiger partial charge on any atom is -0.376 e. The predicted octanol–water partition coefficient (Wildman–Crippen LogP) is 0.163. The smallest absolute Gasteiger partial charge is 0.245 e. The molecule has 0 spiro atoms. The first-order valence-corrected chi connectivity index (χ1v) is 7.34. The number of nitrogens with zero attached hydrogens (tertiary/aromatic N) is 1. The van der Waals surface area contributed by atoms with Gasteiger partial charge in [0, 0.05) is 0 Å². The Morgan fingerprint density at radius 2 is 2.10 bits per heavy atom. The highest BCUT2D eigenvalue weighted by Crippen LogP contribution is 2.20. The van der Waals surface area contributed by atoms with Crippen LogP contribution in [0.15, 0.2) is 0 Å². The van der Waals surface area contributed by atoms with Crippen LogP contribution >= 0.6 is 0 Å². The molecular formula is C14H24N2O4. The Balaban J connectivity index is 2.13. The van der Waals surface area contributed by atoms with E-state index in [1.165, 1.54) is 0 Å². The summed E-state index contributed by atoms with van der Waals surface area (Å²) in [4.78, 5) is 26.4. The molecule has 0 radical (unpaired) electrons. The van der Waals surface area contributed by atoms with Gasteiger partial charge in [-0.15, -0.1) is 0 Å². The lowest BCUT2D eigenvalue weighted by atomic mass is 9.96. The molecule has 2 heterocycles. The number of ether oxygens (including phenoxy) is 2. The number of carbonyl (C=O) groups is 2. The van der Waals surface area contributed by atoms with Gasteiger partial charge in [-0.2, -0.15) is 0 Å². The molecule has 114 valence electrons. The molecule has 2 rings (SSSR count). The molecule has 6 heteroatoms. The highest BCUT2D eigenvalue weighted by Gasteiger charge is 2.42. The molecule has 1 N–H and O–H groups in total. The lowest BCUT2D eigenvalue weighted by Crippen LogP contribution is -2.66. The van der Waals surface area contributed by atoms with Crippen molar-refractivity contribution in [3.8, 4) is 0 Å². The van der Waals surface area contributed by atoms with E-state index in [1.807, 2.05) is 20.8 Å². The van der Waals surface area contributed by atoms with E-state index in [0.717, 1.165) is 0 Å². The summed E-state index contributed by atoms with van der Waals surface area (Å²) in [6.45, 7) is 7.85. The van der Waals surface area contributed by atoms with Crippen molar-refractivity contribution in [2.45, 2.75) is 45.4 Å². The van der Waals surface area contributed by atoms with E-state index in [1.54, 1.807) is 4.90 Å². The second-order valence-electron chi connectivity index (χ2n) is 5.72. The first-order valence-electron chi connectivity index (χ1n) is 7.34. The molecule has 2 fully saturated rings. The summed E-state index contributed by atoms with van der Waals surface area (Å²) < 4.78 is 11.0. The van der Waals surface area contributed by atoms with E-state index in [2.05, 4.69) is 5.32 Å². The van der Waals surface area contributed by atoms with Crippen LogP contribution in [0.1, 0.15) is 27.2 Å². The standard InChI is InChI=1S/C14H24N2O4/c1-4-11-14(18)16(7-10-8-19-5-6-20-10)12(9(2)3)13(17)15-11/h9-12H,4-8H2,1-3H3,(H,15,17). The first kappa shape index (κ1) is 15.3. The van der Waals surface area contributed by atoms with Crippen LogP contribution in [0.3, 0.4) is 0 Å². The number of amides is 2. The minimum atomic E-state index is -0.421. The predicted molar refractivity (Wildman–Crippen MR) is 73.1 cm³/mol. The van der Waals surface area contributed by atoms with Crippen molar-refractivity contribution in [1.29, 1.82) is 0 Å². The monoisotopic (exact) mass is 284 g/mol. The molecule has 20 heavy (non-hydrogen) atoms. The number of hydrogen-bond acceptors (Lipinski definition) is 4. The Hall–Kier alpha value is -1.14. The lowest BCUT2D eigenvalue weighted by molar-refractivity contribution is -0.157. The molecular weight excluding hydrogens is 260 g/mol. The first-order chi connectivity index (χ1) is 9.54. The van der Waals surface area contributed by atoms with Crippen molar-refractivity contribution in [3.05, 3.63) is 0 Å². The van der Waals surface area contributed by atoms with Crippen LogP contribution in [-0.2, 0) is 19.1 Å². The third-order valence-corrected chi connectivity index (χ3v) is 3.83. The van der Waals surface area contributed by atoms with E-state index in [-0.39, 0.29) is 23.8 Å². The van der Waals surface area contributed by atoms with Crippen LogP contribution in [0.5, 0.6) is 0 Å². The Morgan fingerprint density at radius 1 is 1.35 bits per heavy atom. The largest absolute Gasteiger partial charge is 0.376 e. The second kappa shape index (κ2) is 6.54. The Kier molecular flexibility index (Phi) is 4.99. The SMILES string of the molecule is CCC1NC(=O)C(C(C)C)N(CC2COCCO2)C1=O. The molecule has 3 unspecified atom stereocenters. The van der Waals surface area contributed by atoms with Gasteiger partial charge < -0.3 is 19.7 Å². The van der Waals surface area contributed by atoms with Crippen LogP contribution in [-0.4, -0.2) is 61.3 Å². The topological polar surface area (TPSA) is 67.9 Å². The molecule has 2 aliphatic heterocycles. The fourth-order valence-corrected chi connectivity index (χ4v) is 2.80. The number of nitrogens with one attached hydrogen (secondary N) is 1. The van der Waals surface area contributed by atoms with E-state index < -0.39 is 12.1 Å². The fraction of sp³-hybridized carbons (Fsp3) is 0.857. The molecule has 0 saturated carbocycles. The average Bonchev–Trinajstić information content (AvgIpc) is 2.43. The van der Waals surface area contributed by atoms with Crippen molar-refractivity contribution in [2.24, 2.45) is 5.92 Å². The van der Waals surface area contributed by atoms with Crippen molar-refractivity contribution in [3.63, 3.8) is 0 Å². The van der Waals surface area contributed by atoms with E-state index >= 15 is 0 Å². The minimum absolute atomic E-state index is 0.0139. The maximum atomic E-state index is 12.5. The van der Waals surface area contributed by atoms with Gasteiger partial charge in [-0.3, -0.25) is 9.59 Å². The van der Waals surface area contributed by atoms with Gasteiger partial charge in [0.2, 0.25) is 11.8 Å². The summed E-state index contributed by atoms with van der Waals surface area (Å²) in [6, 6.07) is -0.835. The molecule has 0 bridgehead atoms. The van der Waals surface area contributed by atoms with Crippen molar-refractivity contribution in [2.75, 3.05) is 26.4 Å². The fourth-order valence-electron chi connectivity index (χ4n) is 2.80. The average molecular weight is 284 g/mol. The molecule has 3 atom stereocenters. The molecule has 0 aromatic rings. The summed E-state index contributed by atoms with van der Waals surface area (Å²) in [6.07, 6.45) is 0.464. The van der Waals surface area contributed by atoms with Gasteiger partial charge in [0.05, 0.1) is 32.5 Å². The summed E-state index contributed by atoms with van der Waals surface area (Å²) in [5, 5.41) is 2.81. The quantitative estimate of drug-likeness (QED) is 0.799. The van der Waals surface area contributed by atoms with Gasteiger partial charge in [-0.25, -0.2) is 0 Å². The zero-order chi connectivity index (χ0) is 14.7. The van der Waals surface area contributed by atoms with Crippen LogP contribution in [0.4, 0.5) is 0 Å². The van der Waals surface area contributed by atoms with Gasteiger partial charge in [-0.05, 0) is 12.3 Å². The highest BCUT2D eigenvalue weighted by molar-refractivity contribution is 5.97. The maximum Gasteiger partial charge on any atom is 0.245 e. The molecule has 6 nitrogen and oxygen atoms in total. The summed E-state index contributed by atoms with van der Waals surface area (Å²) in [7, 11) is 0. The molecule has 0 aromatic heterocycles. The molecule has 0 aromatic carbocycles. The van der Waals surface area contributed by atoms with Gasteiger partial charge in [-0.1, -0.05) is 20.8 Å². The van der Waals surface area contributed by atoms with Crippen molar-refractivity contribution in [1.82, 2.24) is 10.2 Å². The van der Waals surface area contributed by atoms with Crippen LogP contribution in [0, 0.1) is 5.92 Å². The van der Waals surface area contributed by atoms with Crippen LogP contribution < -0.4 is 5.32 Å². The molecule has 2 aliphatic rings. The third kappa shape index (κ3) is 3.12. The zero-order valence-electron chi connectivity index (χ0n) is 12.4. The molecule has 2 amide bonds. The van der Waals surface area contributed by atoms with Crippen LogP contribution in [0.25, 0.3) is 0 Å². The number of piperazine rings is 1. The van der Waals surface area contributed by atoms with Gasteiger partial charge in [0.1, 0.15) is 12.1 Å². The number of carbonyl (C=O) groups excluding carboxylic acids is 2. The lowest BCUT2D eigenvalue weighted by Gasteiger charge is -2.42. The summed E-state index contributed by atoms with van der Waals surface area (Å²) >= 11 is 0. The van der Waals surface area contributed by atoms with Gasteiger partial charge >= 0.3 is 0 Å². The van der Waals surface area contributed by atoms with Gasteiger partial charge in [0.15, 0.2) is 0 Å². The summed E-state index contributed by atoms with van der Waals surface area (Å²) in [5.74, 6) is -0.00980. The van der Waals surface area contributed by atoms with Crippen molar-refractivity contribution >= 4 is 11.8 Å². The maximum absolute atomic E-state index is 12.5. The van der Waals surface area contributed by atoms with E-state index in [0.29, 0.717) is 32.8 Å². The third-order valence-electron chi connectivity index (χ3n) is 3.83. The second-order valence-corrected chi connectivity index (χ2v) is 5.72. The Labute approximate surface area is 119 Å². The summed E-state index contributed by atoms with van der Waals surface area (Å²) in [5.41, 5.74) is 0. The Morgan fingerprint density at radius 3 is 2.65 bits per heavy atom.